The van der Waals surface area contributed by atoms with Crippen LogP contribution in [0, 0.1) is 11.8 Å². The number of hydrogen-bond acceptors (Lipinski definition) is 3. The van der Waals surface area contributed by atoms with E-state index in [1.807, 2.05) is 5.51 Å². The lowest BCUT2D eigenvalue weighted by atomic mass is 9.87. The minimum Gasteiger partial charge on any atom is -0.384 e. The second kappa shape index (κ2) is 5.37. The van der Waals surface area contributed by atoms with Crippen LogP contribution < -0.4 is 0 Å². The predicted octanol–water partition coefficient (Wildman–Crippen LogP) is 4.33. The molecular weight excluding hydrogens is 298 g/mol. The third kappa shape index (κ3) is 2.91. The maximum Gasteiger partial charge on any atom is 0.123 e. The smallest absolute Gasteiger partial charge is 0.123 e. The highest BCUT2D eigenvalue weighted by molar-refractivity contribution is 9.10. The molecular formula is C13H20BrNOS. The molecule has 4 heteroatoms. The van der Waals surface area contributed by atoms with Crippen LogP contribution in [0.1, 0.15) is 50.8 Å². The zero-order valence-corrected chi connectivity index (χ0v) is 12.9. The first-order valence-electron chi connectivity index (χ1n) is 6.35. The number of rotatable bonds is 2. The molecule has 96 valence electrons. The number of halogens is 1. The maximum atomic E-state index is 10.8. The summed E-state index contributed by atoms with van der Waals surface area (Å²) in [6, 6.07) is 0. The zero-order chi connectivity index (χ0) is 12.5. The van der Waals surface area contributed by atoms with Gasteiger partial charge < -0.3 is 5.11 Å². The van der Waals surface area contributed by atoms with Crippen molar-refractivity contribution in [1.29, 1.82) is 0 Å². The van der Waals surface area contributed by atoms with E-state index in [2.05, 4.69) is 34.8 Å². The molecule has 1 fully saturated rings. The van der Waals surface area contributed by atoms with Crippen molar-refractivity contribution in [3.8, 4) is 0 Å². The first-order valence-corrected chi connectivity index (χ1v) is 8.02. The Hall–Kier alpha value is 0.0700. The minimum absolute atomic E-state index is 0.649. The van der Waals surface area contributed by atoms with E-state index >= 15 is 0 Å². The molecule has 0 amide bonds. The van der Waals surface area contributed by atoms with E-state index in [1.165, 1.54) is 6.42 Å². The predicted molar refractivity (Wildman–Crippen MR) is 75.1 cm³/mol. The van der Waals surface area contributed by atoms with Crippen LogP contribution in [-0.4, -0.2) is 10.1 Å². The first kappa shape index (κ1) is 13.5. The van der Waals surface area contributed by atoms with Crippen LogP contribution in [0.25, 0.3) is 0 Å². The molecule has 1 aliphatic rings. The molecule has 2 atom stereocenters. The Morgan fingerprint density at radius 2 is 2.24 bits per heavy atom. The molecule has 1 N–H and O–H groups in total. The summed E-state index contributed by atoms with van der Waals surface area (Å²) >= 11 is 5.01. The summed E-state index contributed by atoms with van der Waals surface area (Å²) in [5, 5.41) is 10.8. The first-order chi connectivity index (χ1) is 8.03. The largest absolute Gasteiger partial charge is 0.384 e. The van der Waals surface area contributed by atoms with E-state index in [0.29, 0.717) is 0 Å². The highest BCUT2D eigenvalue weighted by atomic mass is 79.9. The Morgan fingerprint density at radius 3 is 2.82 bits per heavy atom. The van der Waals surface area contributed by atoms with Crippen molar-refractivity contribution in [2.75, 3.05) is 0 Å². The average molecular weight is 318 g/mol. The summed E-state index contributed by atoms with van der Waals surface area (Å²) in [4.78, 5) is 5.21. The number of thiazole rings is 1. The van der Waals surface area contributed by atoms with Gasteiger partial charge in [0, 0.05) is 0 Å². The lowest BCUT2D eigenvalue weighted by Crippen LogP contribution is -2.24. The number of hydrogen-bond donors (Lipinski definition) is 1. The fourth-order valence-electron chi connectivity index (χ4n) is 2.78. The van der Waals surface area contributed by atoms with E-state index < -0.39 is 5.60 Å². The molecule has 0 aliphatic heterocycles. The fourth-order valence-corrected chi connectivity index (χ4v) is 4.50. The summed E-state index contributed by atoms with van der Waals surface area (Å²) in [5.41, 5.74) is 1.16. The third-order valence-electron chi connectivity index (χ3n) is 3.98. The van der Waals surface area contributed by atoms with E-state index in [9.17, 15) is 5.11 Å². The lowest BCUT2D eigenvalue weighted by Gasteiger charge is -2.26. The highest BCUT2D eigenvalue weighted by Gasteiger charge is 2.36. The molecule has 1 saturated carbocycles. The summed E-state index contributed by atoms with van der Waals surface area (Å²) in [6.07, 6.45) is 5.23. The van der Waals surface area contributed by atoms with Gasteiger partial charge in [0.15, 0.2) is 0 Å². The Bertz CT molecular complexity index is 379. The monoisotopic (exact) mass is 317 g/mol. The number of aromatic nitrogens is 1. The van der Waals surface area contributed by atoms with Crippen LogP contribution in [0.15, 0.2) is 10.1 Å². The third-order valence-corrected chi connectivity index (χ3v) is 5.87. The molecule has 1 aliphatic carbocycles. The normalized spacial score (nSPS) is 30.5. The molecule has 2 nitrogen and oxygen atoms in total. The second-order valence-corrected chi connectivity index (χ2v) is 7.04. The Balaban J connectivity index is 2.15. The van der Waals surface area contributed by atoms with Crippen LogP contribution in [0.4, 0.5) is 0 Å². The van der Waals surface area contributed by atoms with Crippen LogP contribution in [0.5, 0.6) is 0 Å². The van der Waals surface area contributed by atoms with Crippen molar-refractivity contribution in [3.63, 3.8) is 0 Å². The molecule has 0 aromatic carbocycles. The number of nitrogens with zero attached hydrogens (tertiary/aromatic N) is 1. The molecule has 2 unspecified atom stereocenters. The molecule has 17 heavy (non-hydrogen) atoms. The van der Waals surface area contributed by atoms with Gasteiger partial charge in [-0.25, -0.2) is 4.98 Å². The van der Waals surface area contributed by atoms with E-state index in [0.717, 1.165) is 47.0 Å². The molecule has 0 spiro atoms. The van der Waals surface area contributed by atoms with Crippen molar-refractivity contribution in [1.82, 2.24) is 4.98 Å². The molecule has 0 bridgehead atoms. The molecule has 1 aromatic heterocycles. The quantitative estimate of drug-likeness (QED) is 0.823. The molecule has 0 radical (unpaired) electrons. The van der Waals surface area contributed by atoms with E-state index in [4.69, 9.17) is 0 Å². The van der Waals surface area contributed by atoms with E-state index in [-0.39, 0.29) is 0 Å². The number of aliphatic hydroxyl groups is 1. The van der Waals surface area contributed by atoms with Crippen LogP contribution in [-0.2, 0) is 5.60 Å². The molecule has 0 saturated heterocycles. The van der Waals surface area contributed by atoms with Crippen molar-refractivity contribution in [2.45, 2.75) is 51.6 Å². The Morgan fingerprint density at radius 1 is 1.47 bits per heavy atom. The maximum absolute atomic E-state index is 10.8. The molecule has 1 heterocycles. The summed E-state index contributed by atoms with van der Waals surface area (Å²) in [5.74, 6) is 1.48. The van der Waals surface area contributed by atoms with E-state index in [1.54, 1.807) is 11.3 Å². The van der Waals surface area contributed by atoms with Crippen LogP contribution >= 0.6 is 27.3 Å². The molecule has 2 rings (SSSR count). The lowest BCUT2D eigenvalue weighted by molar-refractivity contribution is 0.0219. The van der Waals surface area contributed by atoms with Gasteiger partial charge in [0.25, 0.3) is 0 Å². The van der Waals surface area contributed by atoms with Gasteiger partial charge in [-0.2, -0.15) is 0 Å². The highest BCUT2D eigenvalue weighted by Crippen LogP contribution is 2.43. The summed E-state index contributed by atoms with van der Waals surface area (Å²) in [7, 11) is 0. The van der Waals surface area contributed by atoms with Crippen molar-refractivity contribution in [3.05, 3.63) is 15.0 Å². The van der Waals surface area contributed by atoms with Crippen molar-refractivity contribution in [2.24, 2.45) is 11.8 Å². The Labute approximate surface area is 116 Å². The van der Waals surface area contributed by atoms with Gasteiger partial charge in [0.2, 0.25) is 0 Å². The second-order valence-electron chi connectivity index (χ2n) is 5.44. The van der Waals surface area contributed by atoms with Gasteiger partial charge >= 0.3 is 0 Å². The summed E-state index contributed by atoms with van der Waals surface area (Å²) in [6.45, 7) is 4.58. The van der Waals surface area contributed by atoms with Crippen molar-refractivity contribution >= 4 is 27.3 Å². The van der Waals surface area contributed by atoms with Crippen molar-refractivity contribution < 1.29 is 5.11 Å². The molecule has 1 aromatic rings. The van der Waals surface area contributed by atoms with Gasteiger partial charge in [-0.3, -0.25) is 0 Å². The van der Waals surface area contributed by atoms with Gasteiger partial charge in [-0.05, 0) is 53.4 Å². The fraction of sp³-hybridized carbons (Fsp3) is 0.769. The van der Waals surface area contributed by atoms with Gasteiger partial charge in [-0.1, -0.05) is 20.3 Å². The Kier molecular flexibility index (Phi) is 4.26. The van der Waals surface area contributed by atoms with Gasteiger partial charge in [-0.15, -0.1) is 11.3 Å². The van der Waals surface area contributed by atoms with Gasteiger partial charge in [0.05, 0.1) is 10.4 Å². The average Bonchev–Trinajstić information content (AvgIpc) is 2.59. The topological polar surface area (TPSA) is 33.1 Å². The summed E-state index contributed by atoms with van der Waals surface area (Å²) < 4.78 is 0.827. The van der Waals surface area contributed by atoms with Crippen LogP contribution in [0.3, 0.4) is 0 Å². The standard InChI is InChI=1S/C13H20BrNOS/c1-9(2)10-4-3-6-13(16,7-5-10)11-12(14)15-8-17-11/h8-10,16H,3-7H2,1-2H3. The van der Waals surface area contributed by atoms with Gasteiger partial charge in [0.1, 0.15) is 10.2 Å². The van der Waals surface area contributed by atoms with Crippen LogP contribution in [0.2, 0.25) is 0 Å². The zero-order valence-electron chi connectivity index (χ0n) is 10.4. The SMILES string of the molecule is CC(C)C1CCCC(O)(c2scnc2Br)CC1. The minimum atomic E-state index is -0.649.